The molecule has 0 saturated heterocycles. The molecule has 0 unspecified atom stereocenters. The number of nitrogens with zero attached hydrogens (tertiary/aromatic N) is 4. The van der Waals surface area contributed by atoms with Gasteiger partial charge < -0.3 is 10.1 Å². The number of aromatic hydroxyl groups is 1. The van der Waals surface area contributed by atoms with Crippen molar-refractivity contribution in [3.05, 3.63) is 66.6 Å². The number of hydrogen-bond donors (Lipinski definition) is 3. The standard InChI is InChI=1S/C22H14N6OS/c29-14-6-12(9-23-11-14)13-7-16-20(27-28-22(16)25-10-13)18-8-15-17(26-18)3-4-24-21(15)19-2-1-5-30-19/h1-11,26,29H,(H,25,27,28). The molecule has 0 amide bonds. The van der Waals surface area contributed by atoms with Crippen LogP contribution in [0.1, 0.15) is 0 Å². The summed E-state index contributed by atoms with van der Waals surface area (Å²) in [4.78, 5) is 17.7. The topological polar surface area (TPSA) is 103 Å². The molecule has 6 aromatic rings. The van der Waals surface area contributed by atoms with Gasteiger partial charge in [-0.2, -0.15) is 5.10 Å². The Kier molecular flexibility index (Phi) is 3.65. The molecule has 0 radical (unpaired) electrons. The van der Waals surface area contributed by atoms with E-state index in [0.717, 1.165) is 49.4 Å². The first-order chi connectivity index (χ1) is 14.8. The van der Waals surface area contributed by atoms with Gasteiger partial charge in [-0.25, -0.2) is 4.98 Å². The van der Waals surface area contributed by atoms with Gasteiger partial charge in [0.2, 0.25) is 0 Å². The molecule has 6 heterocycles. The number of H-pyrrole nitrogens is 2. The normalized spacial score (nSPS) is 11.5. The van der Waals surface area contributed by atoms with Crippen molar-refractivity contribution in [2.24, 2.45) is 0 Å². The average Bonchev–Trinajstić information content (AvgIpc) is 3.51. The Morgan fingerprint density at radius 3 is 2.70 bits per heavy atom. The second kappa shape index (κ2) is 6.50. The van der Waals surface area contributed by atoms with Gasteiger partial charge in [0, 0.05) is 46.0 Å². The lowest BCUT2D eigenvalue weighted by Crippen LogP contribution is -1.84. The fourth-order valence-electron chi connectivity index (χ4n) is 3.64. The number of aromatic nitrogens is 6. The lowest BCUT2D eigenvalue weighted by Gasteiger charge is -2.02. The van der Waals surface area contributed by atoms with Gasteiger partial charge >= 0.3 is 0 Å². The van der Waals surface area contributed by atoms with Crippen LogP contribution in [0.15, 0.2) is 66.6 Å². The largest absolute Gasteiger partial charge is 0.506 e. The lowest BCUT2D eigenvalue weighted by atomic mass is 10.1. The monoisotopic (exact) mass is 410 g/mol. The van der Waals surface area contributed by atoms with E-state index in [4.69, 9.17) is 0 Å². The van der Waals surface area contributed by atoms with Crippen molar-refractivity contribution >= 4 is 33.3 Å². The molecule has 0 aromatic carbocycles. The Morgan fingerprint density at radius 1 is 0.900 bits per heavy atom. The zero-order valence-corrected chi connectivity index (χ0v) is 16.3. The molecule has 0 aliphatic rings. The van der Waals surface area contributed by atoms with Crippen LogP contribution in [0, 0.1) is 0 Å². The molecule has 6 aromatic heterocycles. The van der Waals surface area contributed by atoms with E-state index in [2.05, 4.69) is 42.3 Å². The molecule has 0 fully saturated rings. The Morgan fingerprint density at radius 2 is 1.83 bits per heavy atom. The Labute approximate surface area is 174 Å². The third kappa shape index (κ3) is 2.66. The van der Waals surface area contributed by atoms with Crippen LogP contribution < -0.4 is 0 Å². The molecule has 3 N–H and O–H groups in total. The van der Waals surface area contributed by atoms with Gasteiger partial charge in [0.1, 0.15) is 11.4 Å². The maximum absolute atomic E-state index is 9.75. The van der Waals surface area contributed by atoms with E-state index >= 15 is 0 Å². The van der Waals surface area contributed by atoms with Crippen LogP contribution in [0.5, 0.6) is 5.75 Å². The van der Waals surface area contributed by atoms with Crippen molar-refractivity contribution in [1.82, 2.24) is 30.1 Å². The molecular formula is C22H14N6OS. The van der Waals surface area contributed by atoms with E-state index in [9.17, 15) is 5.11 Å². The van der Waals surface area contributed by atoms with Crippen molar-refractivity contribution in [3.63, 3.8) is 0 Å². The van der Waals surface area contributed by atoms with E-state index in [0.29, 0.717) is 5.65 Å². The Bertz CT molecular complexity index is 1520. The summed E-state index contributed by atoms with van der Waals surface area (Å²) in [7, 11) is 0. The third-order valence-corrected chi connectivity index (χ3v) is 5.91. The molecular weight excluding hydrogens is 396 g/mol. The predicted octanol–water partition coefficient (Wildman–Crippen LogP) is 5.00. The minimum absolute atomic E-state index is 0.115. The molecule has 0 aliphatic heterocycles. The molecule has 7 nitrogen and oxygen atoms in total. The second-order valence-electron chi connectivity index (χ2n) is 6.91. The highest BCUT2D eigenvalue weighted by Gasteiger charge is 2.16. The lowest BCUT2D eigenvalue weighted by molar-refractivity contribution is 0.473. The van der Waals surface area contributed by atoms with Crippen molar-refractivity contribution in [1.29, 1.82) is 0 Å². The number of nitrogens with one attached hydrogen (secondary N) is 2. The number of aromatic amines is 2. The van der Waals surface area contributed by atoms with Crippen molar-refractivity contribution < 1.29 is 5.11 Å². The van der Waals surface area contributed by atoms with Crippen LogP contribution in [0.25, 0.3) is 55.0 Å². The summed E-state index contributed by atoms with van der Waals surface area (Å²) in [5.41, 5.74) is 5.95. The van der Waals surface area contributed by atoms with Gasteiger partial charge in [-0.15, -0.1) is 11.3 Å². The molecule has 0 spiro atoms. The predicted molar refractivity (Wildman–Crippen MR) is 117 cm³/mol. The summed E-state index contributed by atoms with van der Waals surface area (Å²) in [5.74, 6) is 0.115. The number of thiophene rings is 1. The van der Waals surface area contributed by atoms with E-state index in [1.165, 1.54) is 6.20 Å². The molecule has 30 heavy (non-hydrogen) atoms. The van der Waals surface area contributed by atoms with Crippen LogP contribution in [0.2, 0.25) is 0 Å². The number of hydrogen-bond acceptors (Lipinski definition) is 6. The summed E-state index contributed by atoms with van der Waals surface area (Å²) >= 11 is 1.67. The first-order valence-electron chi connectivity index (χ1n) is 9.27. The quantitative estimate of drug-likeness (QED) is 0.381. The summed E-state index contributed by atoms with van der Waals surface area (Å²) in [6, 6.07) is 11.8. The smallest absolute Gasteiger partial charge is 0.155 e. The SMILES string of the molecule is Oc1cncc(-c2cnc3[nH]nc(-c4cc5c(-c6cccs6)nccc5[nH]4)c3c2)c1. The molecule has 8 heteroatoms. The van der Waals surface area contributed by atoms with Crippen molar-refractivity contribution in [2.45, 2.75) is 0 Å². The molecule has 6 rings (SSSR count). The van der Waals surface area contributed by atoms with Gasteiger partial charge in [0.25, 0.3) is 0 Å². The zero-order valence-electron chi connectivity index (χ0n) is 15.5. The summed E-state index contributed by atoms with van der Waals surface area (Å²) in [5, 5.41) is 21.2. The van der Waals surface area contributed by atoms with Crippen molar-refractivity contribution in [2.75, 3.05) is 0 Å². The molecule has 0 atom stereocenters. The van der Waals surface area contributed by atoms with Gasteiger partial charge in [0.05, 0.1) is 22.5 Å². The highest BCUT2D eigenvalue weighted by molar-refractivity contribution is 7.13. The Balaban J connectivity index is 1.52. The second-order valence-corrected chi connectivity index (χ2v) is 7.85. The highest BCUT2D eigenvalue weighted by atomic mass is 32.1. The van der Waals surface area contributed by atoms with E-state index in [1.54, 1.807) is 29.8 Å². The maximum atomic E-state index is 9.75. The summed E-state index contributed by atoms with van der Waals surface area (Å²) in [6.07, 6.45) is 6.66. The number of pyridine rings is 3. The minimum atomic E-state index is 0.115. The third-order valence-electron chi connectivity index (χ3n) is 5.03. The average molecular weight is 410 g/mol. The van der Waals surface area contributed by atoms with E-state index in [-0.39, 0.29) is 5.75 Å². The molecule has 0 saturated carbocycles. The van der Waals surface area contributed by atoms with Gasteiger partial charge in [0.15, 0.2) is 5.65 Å². The van der Waals surface area contributed by atoms with Crippen LogP contribution in [-0.4, -0.2) is 35.2 Å². The van der Waals surface area contributed by atoms with Crippen LogP contribution >= 0.6 is 11.3 Å². The number of fused-ring (bicyclic) bond motifs is 2. The zero-order chi connectivity index (χ0) is 20.1. The minimum Gasteiger partial charge on any atom is -0.506 e. The first kappa shape index (κ1) is 16.9. The van der Waals surface area contributed by atoms with Crippen LogP contribution in [0.3, 0.4) is 0 Å². The summed E-state index contributed by atoms with van der Waals surface area (Å²) < 4.78 is 0. The highest BCUT2D eigenvalue weighted by Crippen LogP contribution is 2.35. The van der Waals surface area contributed by atoms with Gasteiger partial charge in [-0.1, -0.05) is 6.07 Å². The fourth-order valence-corrected chi connectivity index (χ4v) is 4.38. The fraction of sp³-hybridized carbons (Fsp3) is 0. The molecule has 0 aliphatic carbocycles. The van der Waals surface area contributed by atoms with Gasteiger partial charge in [-0.3, -0.25) is 15.1 Å². The molecule has 0 bridgehead atoms. The van der Waals surface area contributed by atoms with Gasteiger partial charge in [-0.05, 0) is 35.7 Å². The number of rotatable bonds is 3. The van der Waals surface area contributed by atoms with Crippen molar-refractivity contribution in [3.8, 4) is 38.8 Å². The van der Waals surface area contributed by atoms with Crippen LogP contribution in [0.4, 0.5) is 0 Å². The van der Waals surface area contributed by atoms with Crippen LogP contribution in [-0.2, 0) is 0 Å². The van der Waals surface area contributed by atoms with E-state index < -0.39 is 0 Å². The first-order valence-corrected chi connectivity index (χ1v) is 10.1. The Hall–Kier alpha value is -4.04. The summed E-state index contributed by atoms with van der Waals surface area (Å²) in [6.45, 7) is 0. The molecule has 144 valence electrons. The maximum Gasteiger partial charge on any atom is 0.155 e. The van der Waals surface area contributed by atoms with E-state index in [1.807, 2.05) is 29.8 Å².